The summed E-state index contributed by atoms with van der Waals surface area (Å²) in [5.74, 6) is 1.69. The summed E-state index contributed by atoms with van der Waals surface area (Å²) in [6.07, 6.45) is 1.36. The molecule has 5 nitrogen and oxygen atoms in total. The van der Waals surface area contributed by atoms with E-state index >= 15 is 0 Å². The molecular formula is C10H17N3O2. The molecule has 5 heteroatoms. The smallest absolute Gasteiger partial charge is 0.243 e. The van der Waals surface area contributed by atoms with Gasteiger partial charge in [0, 0.05) is 12.5 Å². The van der Waals surface area contributed by atoms with Crippen molar-refractivity contribution in [1.82, 2.24) is 15.5 Å². The van der Waals surface area contributed by atoms with Crippen molar-refractivity contribution in [3.8, 4) is 0 Å². The lowest BCUT2D eigenvalue weighted by Crippen LogP contribution is -2.15. The first-order chi connectivity index (χ1) is 7.20. The fraction of sp³-hybridized carbons (Fsp3) is 0.800. The van der Waals surface area contributed by atoms with Gasteiger partial charge in [-0.15, -0.1) is 0 Å². The molecule has 1 saturated heterocycles. The van der Waals surface area contributed by atoms with E-state index in [9.17, 15) is 5.11 Å². The minimum absolute atomic E-state index is 0.0188. The highest BCUT2D eigenvalue weighted by atomic mass is 16.5. The third-order valence-electron chi connectivity index (χ3n) is 2.92. The quantitative estimate of drug-likeness (QED) is 0.779. The van der Waals surface area contributed by atoms with Crippen LogP contribution in [0.3, 0.4) is 0 Å². The second-order valence-corrected chi connectivity index (χ2v) is 4.15. The average molecular weight is 211 g/mol. The van der Waals surface area contributed by atoms with Gasteiger partial charge in [-0.2, -0.15) is 4.98 Å². The number of hydrogen-bond donors (Lipinski definition) is 2. The zero-order chi connectivity index (χ0) is 10.8. The van der Waals surface area contributed by atoms with Crippen LogP contribution in [0.4, 0.5) is 0 Å². The van der Waals surface area contributed by atoms with E-state index in [1.165, 1.54) is 0 Å². The molecule has 2 N–H and O–H groups in total. The lowest BCUT2D eigenvalue weighted by molar-refractivity contribution is 0.191. The third-order valence-corrected chi connectivity index (χ3v) is 2.92. The van der Waals surface area contributed by atoms with Crippen molar-refractivity contribution in [3.63, 3.8) is 0 Å². The first kappa shape index (κ1) is 10.6. The van der Waals surface area contributed by atoms with Crippen LogP contribution in [-0.2, 0) is 0 Å². The lowest BCUT2D eigenvalue weighted by atomic mass is 10.1. The van der Waals surface area contributed by atoms with Crippen LogP contribution in [0.15, 0.2) is 4.52 Å². The Bertz CT molecular complexity index is 326. The van der Waals surface area contributed by atoms with Crippen molar-refractivity contribution in [2.45, 2.75) is 44.8 Å². The van der Waals surface area contributed by atoms with Gasteiger partial charge in [0.2, 0.25) is 5.89 Å². The molecule has 3 atom stereocenters. The Morgan fingerprint density at radius 1 is 1.67 bits per heavy atom. The van der Waals surface area contributed by atoms with Crippen molar-refractivity contribution in [2.24, 2.45) is 0 Å². The standard InChI is InChI=1S/C10H17N3O2/c1-3-6(2)9-12-10(15-13-9)8-4-7(14)5-11-8/h6-8,11,14H,3-5H2,1-2H3. The van der Waals surface area contributed by atoms with Crippen LogP contribution in [0.5, 0.6) is 0 Å². The number of β-amino-alcohol motifs (C(OH)–C–C–N with tert-alkyl or cyclic N) is 1. The number of nitrogens with zero attached hydrogens (tertiary/aromatic N) is 2. The van der Waals surface area contributed by atoms with E-state index in [-0.39, 0.29) is 12.1 Å². The minimum atomic E-state index is -0.297. The normalized spacial score (nSPS) is 28.2. The predicted molar refractivity (Wildman–Crippen MR) is 54.4 cm³/mol. The molecule has 1 aromatic rings. The van der Waals surface area contributed by atoms with Gasteiger partial charge in [0.15, 0.2) is 5.82 Å². The van der Waals surface area contributed by atoms with Crippen molar-refractivity contribution in [1.29, 1.82) is 0 Å². The van der Waals surface area contributed by atoms with E-state index in [4.69, 9.17) is 4.52 Å². The second kappa shape index (κ2) is 4.28. The molecule has 84 valence electrons. The molecule has 1 fully saturated rings. The van der Waals surface area contributed by atoms with Gasteiger partial charge in [0.05, 0.1) is 12.1 Å². The van der Waals surface area contributed by atoms with Crippen LogP contribution < -0.4 is 5.32 Å². The zero-order valence-corrected chi connectivity index (χ0v) is 9.10. The summed E-state index contributed by atoms with van der Waals surface area (Å²) in [6, 6.07) is 0.0188. The van der Waals surface area contributed by atoms with E-state index in [1.807, 2.05) is 0 Å². The fourth-order valence-corrected chi connectivity index (χ4v) is 1.68. The molecular weight excluding hydrogens is 194 g/mol. The van der Waals surface area contributed by atoms with Crippen LogP contribution in [0, 0.1) is 0 Å². The van der Waals surface area contributed by atoms with Crippen molar-refractivity contribution in [2.75, 3.05) is 6.54 Å². The molecule has 0 radical (unpaired) electrons. The van der Waals surface area contributed by atoms with Gasteiger partial charge in [-0.05, 0) is 12.8 Å². The van der Waals surface area contributed by atoms with E-state index in [0.29, 0.717) is 24.8 Å². The van der Waals surface area contributed by atoms with Gasteiger partial charge in [-0.1, -0.05) is 19.0 Å². The molecule has 2 heterocycles. The summed E-state index contributed by atoms with van der Waals surface area (Å²) in [5, 5.41) is 16.5. The van der Waals surface area contributed by atoms with Gasteiger partial charge in [0.1, 0.15) is 0 Å². The monoisotopic (exact) mass is 211 g/mol. The summed E-state index contributed by atoms with van der Waals surface area (Å²) in [5.41, 5.74) is 0. The Balaban J connectivity index is 2.07. The van der Waals surface area contributed by atoms with Crippen LogP contribution in [-0.4, -0.2) is 27.9 Å². The van der Waals surface area contributed by atoms with Crippen LogP contribution in [0.25, 0.3) is 0 Å². The summed E-state index contributed by atoms with van der Waals surface area (Å²) < 4.78 is 5.19. The van der Waals surface area contributed by atoms with E-state index in [2.05, 4.69) is 29.3 Å². The lowest BCUT2D eigenvalue weighted by Gasteiger charge is -2.02. The maximum absolute atomic E-state index is 9.37. The SMILES string of the molecule is CCC(C)c1noc(C2CC(O)CN2)n1. The number of rotatable bonds is 3. The Kier molecular flexibility index (Phi) is 3.02. The molecule has 1 aliphatic heterocycles. The van der Waals surface area contributed by atoms with Gasteiger partial charge < -0.3 is 14.9 Å². The zero-order valence-electron chi connectivity index (χ0n) is 9.10. The minimum Gasteiger partial charge on any atom is -0.392 e. The second-order valence-electron chi connectivity index (χ2n) is 4.15. The summed E-state index contributed by atoms with van der Waals surface area (Å²) in [6.45, 7) is 4.77. The molecule has 3 unspecified atom stereocenters. The molecule has 0 amide bonds. The first-order valence-electron chi connectivity index (χ1n) is 5.45. The number of hydrogen-bond acceptors (Lipinski definition) is 5. The first-order valence-corrected chi connectivity index (χ1v) is 5.45. The van der Waals surface area contributed by atoms with Crippen molar-refractivity contribution in [3.05, 3.63) is 11.7 Å². The molecule has 15 heavy (non-hydrogen) atoms. The summed E-state index contributed by atoms with van der Waals surface area (Å²) in [4.78, 5) is 4.35. The van der Waals surface area contributed by atoms with Gasteiger partial charge in [-0.25, -0.2) is 0 Å². The molecule has 2 rings (SSSR count). The van der Waals surface area contributed by atoms with Crippen LogP contribution in [0.1, 0.15) is 50.4 Å². The molecule has 0 aromatic carbocycles. The number of aliphatic hydroxyl groups is 1. The molecule has 1 aromatic heterocycles. The number of nitrogens with one attached hydrogen (secondary N) is 1. The largest absolute Gasteiger partial charge is 0.392 e. The Hall–Kier alpha value is -0.940. The van der Waals surface area contributed by atoms with Crippen molar-refractivity contribution >= 4 is 0 Å². The van der Waals surface area contributed by atoms with E-state index in [1.54, 1.807) is 0 Å². The van der Waals surface area contributed by atoms with E-state index in [0.717, 1.165) is 12.2 Å². The molecule has 0 aliphatic carbocycles. The highest BCUT2D eigenvalue weighted by molar-refractivity contribution is 5.00. The summed E-state index contributed by atoms with van der Waals surface area (Å²) >= 11 is 0. The number of aromatic nitrogens is 2. The highest BCUT2D eigenvalue weighted by Crippen LogP contribution is 2.23. The number of aliphatic hydroxyl groups excluding tert-OH is 1. The molecule has 0 bridgehead atoms. The summed E-state index contributed by atoms with van der Waals surface area (Å²) in [7, 11) is 0. The fourth-order valence-electron chi connectivity index (χ4n) is 1.68. The maximum Gasteiger partial charge on any atom is 0.243 e. The predicted octanol–water partition coefficient (Wildman–Crippen LogP) is 0.978. The average Bonchev–Trinajstić information content (AvgIpc) is 2.84. The van der Waals surface area contributed by atoms with Crippen molar-refractivity contribution < 1.29 is 9.63 Å². The Morgan fingerprint density at radius 3 is 3.07 bits per heavy atom. The topological polar surface area (TPSA) is 71.2 Å². The molecule has 0 spiro atoms. The Morgan fingerprint density at radius 2 is 2.47 bits per heavy atom. The van der Waals surface area contributed by atoms with Gasteiger partial charge in [0.25, 0.3) is 0 Å². The van der Waals surface area contributed by atoms with Crippen LogP contribution >= 0.6 is 0 Å². The molecule has 0 saturated carbocycles. The Labute approximate surface area is 88.9 Å². The van der Waals surface area contributed by atoms with Gasteiger partial charge >= 0.3 is 0 Å². The molecule has 1 aliphatic rings. The highest BCUT2D eigenvalue weighted by Gasteiger charge is 2.28. The van der Waals surface area contributed by atoms with E-state index < -0.39 is 0 Å². The maximum atomic E-state index is 9.37. The third kappa shape index (κ3) is 2.18. The van der Waals surface area contributed by atoms with Crippen LogP contribution in [0.2, 0.25) is 0 Å². The van der Waals surface area contributed by atoms with Gasteiger partial charge in [-0.3, -0.25) is 0 Å².